The summed E-state index contributed by atoms with van der Waals surface area (Å²) in [7, 11) is 1.50. The van der Waals surface area contributed by atoms with Gasteiger partial charge in [-0.05, 0) is 18.6 Å². The summed E-state index contributed by atoms with van der Waals surface area (Å²) in [4.78, 5) is 30.1. The fourth-order valence-electron chi connectivity index (χ4n) is 1.63. The Kier molecular flexibility index (Phi) is 3.71. The summed E-state index contributed by atoms with van der Waals surface area (Å²) in [5, 5.41) is 0.0681. The molecule has 0 aliphatic rings. The average molecular weight is 282 g/mol. The molecule has 7 heteroatoms. The lowest BCUT2D eigenvalue weighted by Crippen LogP contribution is -2.36. The minimum atomic E-state index is -0.545. The molecule has 0 saturated carbocycles. The highest BCUT2D eigenvalue weighted by Gasteiger charge is 2.09. The summed E-state index contributed by atoms with van der Waals surface area (Å²) in [5.41, 5.74) is 0.0874. The number of hydrogen-bond donors (Lipinski definition) is 1. The van der Waals surface area contributed by atoms with E-state index in [1.807, 2.05) is 0 Å². The first-order chi connectivity index (χ1) is 9.02. The second-order valence-electron chi connectivity index (χ2n) is 3.97. The Morgan fingerprint density at radius 1 is 1.47 bits per heavy atom. The minimum Gasteiger partial charge on any atom is -0.481 e. The van der Waals surface area contributed by atoms with Crippen molar-refractivity contribution in [3.63, 3.8) is 0 Å². The van der Waals surface area contributed by atoms with E-state index in [4.69, 9.17) is 16.3 Å². The lowest BCUT2D eigenvalue weighted by molar-refractivity contribution is 0.397. The van der Waals surface area contributed by atoms with Gasteiger partial charge in [0.25, 0.3) is 5.56 Å². The van der Waals surface area contributed by atoms with Crippen molar-refractivity contribution in [1.29, 1.82) is 0 Å². The number of aromatic nitrogens is 3. The van der Waals surface area contributed by atoms with Gasteiger partial charge >= 0.3 is 5.69 Å². The zero-order chi connectivity index (χ0) is 14.0. The molecule has 0 unspecified atom stereocenters. The molecular weight excluding hydrogens is 270 g/mol. The van der Waals surface area contributed by atoms with Crippen LogP contribution in [-0.4, -0.2) is 21.6 Å². The van der Waals surface area contributed by atoms with Gasteiger partial charge in [-0.1, -0.05) is 11.6 Å². The van der Waals surface area contributed by atoms with Crippen LogP contribution >= 0.6 is 11.6 Å². The summed E-state index contributed by atoms with van der Waals surface area (Å²) < 4.78 is 6.07. The molecule has 2 aromatic heterocycles. The number of aromatic amines is 1. The van der Waals surface area contributed by atoms with Crippen molar-refractivity contribution in [2.24, 2.45) is 0 Å². The topological polar surface area (TPSA) is 77.0 Å². The number of pyridine rings is 1. The summed E-state index contributed by atoms with van der Waals surface area (Å²) >= 11 is 5.74. The highest BCUT2D eigenvalue weighted by atomic mass is 35.5. The summed E-state index contributed by atoms with van der Waals surface area (Å²) in [5.74, 6) is 0.424. The molecule has 0 bridgehead atoms. The number of nitrogens with one attached hydrogen (secondary N) is 1. The van der Waals surface area contributed by atoms with Gasteiger partial charge in [-0.15, -0.1) is 0 Å². The Morgan fingerprint density at radius 3 is 2.89 bits per heavy atom. The maximum Gasteiger partial charge on any atom is 0.329 e. The molecule has 2 aromatic rings. The lowest BCUT2D eigenvalue weighted by atomic mass is 10.2. The van der Waals surface area contributed by atoms with Crippen LogP contribution in [0, 0.1) is 6.92 Å². The summed E-state index contributed by atoms with van der Waals surface area (Å²) in [6.45, 7) is 1.69. The Labute approximate surface area is 113 Å². The van der Waals surface area contributed by atoms with E-state index >= 15 is 0 Å². The Bertz CT molecular complexity index is 721. The van der Waals surface area contributed by atoms with Crippen LogP contribution in [-0.2, 0) is 6.54 Å². The van der Waals surface area contributed by atoms with Crippen LogP contribution in [0.3, 0.4) is 0 Å². The molecular formula is C12H12ClN3O3. The molecule has 19 heavy (non-hydrogen) atoms. The molecule has 0 aromatic carbocycles. The first-order valence-electron chi connectivity index (χ1n) is 5.51. The standard InChI is InChI=1S/C12H12ClN3O3/c1-7-10(13)15-12(18)16(11(7)17)6-8-3-4-14-9(5-8)19-2/h3-5H,6H2,1-2H3,(H,15,18). The first kappa shape index (κ1) is 13.4. The second-order valence-corrected chi connectivity index (χ2v) is 4.34. The fourth-order valence-corrected chi connectivity index (χ4v) is 1.79. The zero-order valence-corrected chi connectivity index (χ0v) is 11.2. The van der Waals surface area contributed by atoms with Crippen molar-refractivity contribution in [3.8, 4) is 5.88 Å². The normalized spacial score (nSPS) is 10.5. The largest absolute Gasteiger partial charge is 0.481 e. The molecule has 0 radical (unpaired) electrons. The molecule has 0 fully saturated rings. The van der Waals surface area contributed by atoms with E-state index in [9.17, 15) is 9.59 Å². The van der Waals surface area contributed by atoms with Crippen LogP contribution in [0.2, 0.25) is 5.15 Å². The van der Waals surface area contributed by atoms with Gasteiger partial charge in [0.05, 0.1) is 13.7 Å². The van der Waals surface area contributed by atoms with Gasteiger partial charge in [0.15, 0.2) is 0 Å². The Morgan fingerprint density at radius 2 is 2.21 bits per heavy atom. The number of halogens is 1. The van der Waals surface area contributed by atoms with Crippen molar-refractivity contribution in [2.75, 3.05) is 7.11 Å². The van der Waals surface area contributed by atoms with E-state index in [1.165, 1.54) is 7.11 Å². The highest BCUT2D eigenvalue weighted by Crippen LogP contribution is 2.09. The predicted molar refractivity (Wildman–Crippen MR) is 71.0 cm³/mol. The van der Waals surface area contributed by atoms with Gasteiger partial charge in [0, 0.05) is 17.8 Å². The smallest absolute Gasteiger partial charge is 0.329 e. The minimum absolute atomic E-state index is 0.0681. The zero-order valence-electron chi connectivity index (χ0n) is 10.4. The van der Waals surface area contributed by atoms with E-state index in [0.29, 0.717) is 11.4 Å². The molecule has 6 nitrogen and oxygen atoms in total. The number of ether oxygens (including phenoxy) is 1. The molecule has 0 saturated heterocycles. The van der Waals surface area contributed by atoms with Crippen molar-refractivity contribution < 1.29 is 4.74 Å². The number of rotatable bonds is 3. The van der Waals surface area contributed by atoms with Gasteiger partial charge in [0.2, 0.25) is 5.88 Å². The van der Waals surface area contributed by atoms with Crippen LogP contribution in [0.15, 0.2) is 27.9 Å². The van der Waals surface area contributed by atoms with Gasteiger partial charge in [-0.3, -0.25) is 14.3 Å². The molecule has 1 N–H and O–H groups in total. The quantitative estimate of drug-likeness (QED) is 0.850. The first-order valence-corrected chi connectivity index (χ1v) is 5.89. The lowest BCUT2D eigenvalue weighted by Gasteiger charge is -2.07. The molecule has 0 aliphatic heterocycles. The van der Waals surface area contributed by atoms with E-state index < -0.39 is 11.2 Å². The Balaban J connectivity index is 2.47. The molecule has 0 aliphatic carbocycles. The van der Waals surface area contributed by atoms with Crippen molar-refractivity contribution >= 4 is 11.6 Å². The van der Waals surface area contributed by atoms with E-state index in [2.05, 4.69) is 9.97 Å². The molecule has 0 atom stereocenters. The maximum atomic E-state index is 12.0. The number of H-pyrrole nitrogens is 1. The summed E-state index contributed by atoms with van der Waals surface area (Å²) in [6.07, 6.45) is 1.55. The summed E-state index contributed by atoms with van der Waals surface area (Å²) in [6, 6.07) is 3.37. The van der Waals surface area contributed by atoms with Crippen LogP contribution < -0.4 is 16.0 Å². The maximum absolute atomic E-state index is 12.0. The average Bonchev–Trinajstić information content (AvgIpc) is 2.41. The van der Waals surface area contributed by atoms with E-state index in [-0.39, 0.29) is 11.7 Å². The fraction of sp³-hybridized carbons (Fsp3) is 0.250. The van der Waals surface area contributed by atoms with Gasteiger partial charge in [-0.25, -0.2) is 9.78 Å². The van der Waals surface area contributed by atoms with Gasteiger partial charge in [0.1, 0.15) is 5.15 Å². The SMILES string of the molecule is COc1cc(Cn2c(=O)[nH]c(Cl)c(C)c2=O)ccn1. The monoisotopic (exact) mass is 281 g/mol. The van der Waals surface area contributed by atoms with Crippen LogP contribution in [0.4, 0.5) is 0 Å². The molecule has 2 rings (SSSR count). The highest BCUT2D eigenvalue weighted by molar-refractivity contribution is 6.30. The number of hydrogen-bond acceptors (Lipinski definition) is 4. The van der Waals surface area contributed by atoms with Crippen LogP contribution in [0.5, 0.6) is 5.88 Å². The van der Waals surface area contributed by atoms with E-state index in [0.717, 1.165) is 10.1 Å². The third kappa shape index (κ3) is 2.68. The van der Waals surface area contributed by atoms with Gasteiger partial charge < -0.3 is 4.74 Å². The molecule has 0 amide bonds. The molecule has 0 spiro atoms. The number of methoxy groups -OCH3 is 1. The third-order valence-electron chi connectivity index (χ3n) is 2.71. The van der Waals surface area contributed by atoms with Crippen LogP contribution in [0.1, 0.15) is 11.1 Å². The Hall–Kier alpha value is -2.08. The third-order valence-corrected chi connectivity index (χ3v) is 3.08. The second kappa shape index (κ2) is 5.27. The molecule has 2 heterocycles. The van der Waals surface area contributed by atoms with Crippen molar-refractivity contribution in [2.45, 2.75) is 13.5 Å². The predicted octanol–water partition coefficient (Wildman–Crippen LogP) is 0.950. The van der Waals surface area contributed by atoms with E-state index in [1.54, 1.807) is 25.3 Å². The number of nitrogens with zero attached hydrogens (tertiary/aromatic N) is 2. The van der Waals surface area contributed by atoms with Crippen LogP contribution in [0.25, 0.3) is 0 Å². The van der Waals surface area contributed by atoms with Crippen molar-refractivity contribution in [1.82, 2.24) is 14.5 Å². The molecule has 100 valence electrons. The van der Waals surface area contributed by atoms with Gasteiger partial charge in [-0.2, -0.15) is 0 Å². The van der Waals surface area contributed by atoms with Crippen molar-refractivity contribution in [3.05, 3.63) is 55.4 Å².